The van der Waals surface area contributed by atoms with Crippen LogP contribution in [0.2, 0.25) is 0 Å². The SMILES string of the molecule is COCCN(C)c1ncnc2cc(N3CCN(c4ccc5c(NCCC(C)C)ncnc5c4)CC3)ccc12. The molecule has 0 radical (unpaired) electrons. The van der Waals surface area contributed by atoms with Gasteiger partial charge in [-0.3, -0.25) is 0 Å². The highest BCUT2D eigenvalue weighted by molar-refractivity contribution is 5.92. The molecule has 1 fully saturated rings. The van der Waals surface area contributed by atoms with E-state index in [4.69, 9.17) is 4.74 Å². The predicted octanol–water partition coefficient (Wildman–Crippen LogP) is 4.44. The largest absolute Gasteiger partial charge is 0.383 e. The summed E-state index contributed by atoms with van der Waals surface area (Å²) in [6.07, 6.45) is 4.42. The van der Waals surface area contributed by atoms with Crippen LogP contribution in [0.25, 0.3) is 21.8 Å². The molecule has 1 saturated heterocycles. The first-order valence-corrected chi connectivity index (χ1v) is 13.5. The van der Waals surface area contributed by atoms with Crippen LogP contribution in [0.15, 0.2) is 49.1 Å². The van der Waals surface area contributed by atoms with E-state index >= 15 is 0 Å². The van der Waals surface area contributed by atoms with E-state index in [9.17, 15) is 0 Å². The van der Waals surface area contributed by atoms with Crippen molar-refractivity contribution < 1.29 is 4.74 Å². The number of nitrogens with zero attached hydrogens (tertiary/aromatic N) is 7. The zero-order valence-corrected chi connectivity index (χ0v) is 22.9. The van der Waals surface area contributed by atoms with Crippen molar-refractivity contribution >= 4 is 44.8 Å². The summed E-state index contributed by atoms with van der Waals surface area (Å²) in [5.41, 5.74) is 4.35. The minimum atomic E-state index is 0.658. The third-order valence-electron chi connectivity index (χ3n) is 7.24. The summed E-state index contributed by atoms with van der Waals surface area (Å²) in [5.74, 6) is 2.51. The first-order chi connectivity index (χ1) is 18.5. The average molecular weight is 515 g/mol. The summed E-state index contributed by atoms with van der Waals surface area (Å²) in [6, 6.07) is 13.1. The van der Waals surface area contributed by atoms with Gasteiger partial charge in [-0.1, -0.05) is 13.8 Å². The molecule has 2 aromatic carbocycles. The van der Waals surface area contributed by atoms with Gasteiger partial charge in [0.25, 0.3) is 0 Å². The third-order valence-corrected chi connectivity index (χ3v) is 7.24. The number of hydrogen-bond acceptors (Lipinski definition) is 9. The van der Waals surface area contributed by atoms with E-state index in [1.807, 2.05) is 7.05 Å². The Morgan fingerprint density at radius 2 is 1.47 bits per heavy atom. The Bertz CT molecular complexity index is 1370. The average Bonchev–Trinajstić information content (AvgIpc) is 2.95. The van der Waals surface area contributed by atoms with Crippen molar-refractivity contribution in [3.05, 3.63) is 49.1 Å². The molecule has 0 aliphatic carbocycles. The number of nitrogens with one attached hydrogen (secondary N) is 1. The van der Waals surface area contributed by atoms with Gasteiger partial charge in [0.2, 0.25) is 0 Å². The number of ether oxygens (including phenoxy) is 1. The maximum Gasteiger partial charge on any atom is 0.139 e. The minimum Gasteiger partial charge on any atom is -0.383 e. The van der Waals surface area contributed by atoms with Crippen LogP contribution in [0.1, 0.15) is 20.3 Å². The second-order valence-corrected chi connectivity index (χ2v) is 10.3. The van der Waals surface area contributed by atoms with Crippen molar-refractivity contribution in [3.63, 3.8) is 0 Å². The lowest BCUT2D eigenvalue weighted by Gasteiger charge is -2.37. The predicted molar refractivity (Wildman–Crippen MR) is 157 cm³/mol. The molecule has 200 valence electrons. The monoisotopic (exact) mass is 514 g/mol. The molecule has 0 bridgehead atoms. The van der Waals surface area contributed by atoms with E-state index in [0.29, 0.717) is 12.5 Å². The smallest absolute Gasteiger partial charge is 0.139 e. The van der Waals surface area contributed by atoms with E-state index in [-0.39, 0.29) is 0 Å². The lowest BCUT2D eigenvalue weighted by atomic mass is 10.1. The van der Waals surface area contributed by atoms with Crippen LogP contribution in [0, 0.1) is 5.92 Å². The number of benzene rings is 2. The van der Waals surface area contributed by atoms with Gasteiger partial charge in [-0.25, -0.2) is 19.9 Å². The van der Waals surface area contributed by atoms with Gasteiger partial charge >= 0.3 is 0 Å². The summed E-state index contributed by atoms with van der Waals surface area (Å²) < 4.78 is 5.23. The molecule has 5 rings (SSSR count). The Labute approximate surface area is 224 Å². The molecule has 0 atom stereocenters. The third kappa shape index (κ3) is 5.72. The summed E-state index contributed by atoms with van der Waals surface area (Å²) in [5, 5.41) is 5.62. The van der Waals surface area contributed by atoms with Crippen LogP contribution in [0.3, 0.4) is 0 Å². The number of methoxy groups -OCH3 is 1. The molecule has 1 N–H and O–H groups in total. The van der Waals surface area contributed by atoms with E-state index < -0.39 is 0 Å². The van der Waals surface area contributed by atoms with E-state index in [2.05, 4.69) is 90.2 Å². The highest BCUT2D eigenvalue weighted by atomic mass is 16.5. The number of anilines is 4. The molecule has 2 aromatic heterocycles. The Morgan fingerprint density at radius 1 is 0.868 bits per heavy atom. The van der Waals surface area contributed by atoms with Gasteiger partial charge in [-0.05, 0) is 48.7 Å². The van der Waals surface area contributed by atoms with Crippen LogP contribution in [0.5, 0.6) is 0 Å². The second kappa shape index (κ2) is 11.8. The van der Waals surface area contributed by atoms with Crippen LogP contribution >= 0.6 is 0 Å². The second-order valence-electron chi connectivity index (χ2n) is 10.3. The lowest BCUT2D eigenvalue weighted by Crippen LogP contribution is -2.46. The number of piperazine rings is 1. The van der Waals surface area contributed by atoms with E-state index in [1.165, 1.54) is 11.4 Å². The maximum absolute atomic E-state index is 5.23. The normalized spacial score (nSPS) is 14.0. The number of likely N-dealkylation sites (N-methyl/N-ethyl adjacent to an activating group) is 1. The molecular weight excluding hydrogens is 476 g/mol. The fraction of sp³-hybridized carbons (Fsp3) is 0.448. The summed E-state index contributed by atoms with van der Waals surface area (Å²) in [4.78, 5) is 25.1. The lowest BCUT2D eigenvalue weighted by molar-refractivity contribution is 0.206. The summed E-state index contributed by atoms with van der Waals surface area (Å²) >= 11 is 0. The summed E-state index contributed by atoms with van der Waals surface area (Å²) in [6.45, 7) is 10.6. The van der Waals surface area contributed by atoms with Gasteiger partial charge in [-0.2, -0.15) is 0 Å². The van der Waals surface area contributed by atoms with Crippen LogP contribution < -0.4 is 20.0 Å². The Morgan fingerprint density at radius 3 is 2.11 bits per heavy atom. The molecule has 0 unspecified atom stereocenters. The van der Waals surface area contributed by atoms with Crippen molar-refractivity contribution in [2.24, 2.45) is 5.92 Å². The molecule has 4 aromatic rings. The van der Waals surface area contributed by atoms with Gasteiger partial charge in [0.05, 0.1) is 17.6 Å². The van der Waals surface area contributed by atoms with Crippen molar-refractivity contribution in [2.45, 2.75) is 20.3 Å². The molecule has 0 amide bonds. The Balaban J connectivity index is 1.26. The molecule has 38 heavy (non-hydrogen) atoms. The molecule has 1 aliphatic heterocycles. The number of hydrogen-bond donors (Lipinski definition) is 1. The van der Waals surface area contributed by atoms with Crippen molar-refractivity contribution in [2.75, 3.05) is 80.0 Å². The van der Waals surface area contributed by atoms with Gasteiger partial charge in [0.15, 0.2) is 0 Å². The van der Waals surface area contributed by atoms with E-state index in [0.717, 1.165) is 79.1 Å². The van der Waals surface area contributed by atoms with Crippen LogP contribution in [0.4, 0.5) is 23.0 Å². The highest BCUT2D eigenvalue weighted by Crippen LogP contribution is 2.29. The van der Waals surface area contributed by atoms with Gasteiger partial charge in [0.1, 0.15) is 24.3 Å². The first-order valence-electron chi connectivity index (χ1n) is 13.5. The quantitative estimate of drug-likeness (QED) is 0.330. The maximum atomic E-state index is 5.23. The molecule has 3 heterocycles. The highest BCUT2D eigenvalue weighted by Gasteiger charge is 2.19. The molecule has 9 nitrogen and oxygen atoms in total. The molecule has 9 heteroatoms. The zero-order chi connectivity index (χ0) is 26.5. The van der Waals surface area contributed by atoms with Crippen molar-refractivity contribution in [1.29, 1.82) is 0 Å². The molecule has 0 spiro atoms. The fourth-order valence-corrected chi connectivity index (χ4v) is 4.95. The first kappa shape index (κ1) is 25.9. The Kier molecular flexibility index (Phi) is 8.03. The zero-order valence-electron chi connectivity index (χ0n) is 22.9. The van der Waals surface area contributed by atoms with Gasteiger partial charge in [0, 0.05) is 75.6 Å². The van der Waals surface area contributed by atoms with E-state index in [1.54, 1.807) is 19.8 Å². The molecule has 0 saturated carbocycles. The van der Waals surface area contributed by atoms with Crippen LogP contribution in [-0.4, -0.2) is 80.0 Å². The standard InChI is InChI=1S/C29H38N8O/c1-21(2)9-10-30-28-24-7-5-22(17-26(24)31-19-33-28)36-11-13-37(14-12-36)23-6-8-25-27(18-23)32-20-34-29(25)35(3)15-16-38-4/h5-8,17-21H,9-16H2,1-4H3,(H,30,31,33). The fourth-order valence-electron chi connectivity index (χ4n) is 4.95. The topological polar surface area (TPSA) is 82.5 Å². The molecular formula is C29H38N8O. The minimum absolute atomic E-state index is 0.658. The van der Waals surface area contributed by atoms with Gasteiger partial charge < -0.3 is 24.8 Å². The number of rotatable bonds is 10. The van der Waals surface area contributed by atoms with Gasteiger partial charge in [-0.15, -0.1) is 0 Å². The Hall–Kier alpha value is -3.72. The molecule has 1 aliphatic rings. The number of aromatic nitrogens is 4. The number of fused-ring (bicyclic) bond motifs is 2. The van der Waals surface area contributed by atoms with Crippen molar-refractivity contribution in [1.82, 2.24) is 19.9 Å². The van der Waals surface area contributed by atoms with Crippen molar-refractivity contribution in [3.8, 4) is 0 Å². The van der Waals surface area contributed by atoms with Crippen LogP contribution in [-0.2, 0) is 4.74 Å². The summed E-state index contributed by atoms with van der Waals surface area (Å²) in [7, 11) is 3.76.